The van der Waals surface area contributed by atoms with E-state index in [-0.39, 0.29) is 5.91 Å². The number of aromatic nitrogens is 1. The third-order valence-electron chi connectivity index (χ3n) is 5.23. The van der Waals surface area contributed by atoms with Gasteiger partial charge in [0, 0.05) is 11.4 Å². The molecule has 24 heavy (non-hydrogen) atoms. The highest BCUT2D eigenvalue weighted by molar-refractivity contribution is 7.99. The molecule has 0 aliphatic heterocycles. The van der Waals surface area contributed by atoms with Crippen LogP contribution in [0.15, 0.2) is 23.2 Å². The van der Waals surface area contributed by atoms with Gasteiger partial charge in [-0.25, -0.2) is 4.98 Å². The second-order valence-corrected chi connectivity index (χ2v) is 8.08. The van der Waals surface area contributed by atoms with Crippen molar-refractivity contribution in [2.75, 3.05) is 5.75 Å². The lowest BCUT2D eigenvalue weighted by molar-refractivity contribution is -0.119. The van der Waals surface area contributed by atoms with Gasteiger partial charge in [0.05, 0.1) is 11.3 Å². The summed E-state index contributed by atoms with van der Waals surface area (Å²) >= 11 is 1.56. The van der Waals surface area contributed by atoms with E-state index in [1.165, 1.54) is 54.2 Å². The van der Waals surface area contributed by atoms with Crippen LogP contribution in [0.5, 0.6) is 0 Å². The summed E-state index contributed by atoms with van der Waals surface area (Å²) < 4.78 is 0. The molecule has 1 heterocycles. The van der Waals surface area contributed by atoms with E-state index in [1.807, 2.05) is 0 Å². The molecule has 4 heteroatoms. The predicted octanol–water partition coefficient (Wildman–Crippen LogP) is 4.18. The number of hydrogen-bond donors (Lipinski definition) is 1. The van der Waals surface area contributed by atoms with Crippen LogP contribution in [0.2, 0.25) is 0 Å². The quantitative estimate of drug-likeness (QED) is 0.849. The van der Waals surface area contributed by atoms with Gasteiger partial charge in [-0.2, -0.15) is 0 Å². The number of carbonyl (C=O) groups excluding carboxylic acids is 1. The summed E-state index contributed by atoms with van der Waals surface area (Å²) in [6.07, 6.45) is 8.38. The predicted molar refractivity (Wildman–Crippen MR) is 99.6 cm³/mol. The second kappa shape index (κ2) is 6.75. The minimum atomic E-state index is 0.141. The smallest absolute Gasteiger partial charge is 0.230 e. The fourth-order valence-electron chi connectivity index (χ4n) is 3.95. The van der Waals surface area contributed by atoms with Gasteiger partial charge in [0.1, 0.15) is 5.03 Å². The molecule has 1 saturated carbocycles. The maximum absolute atomic E-state index is 12.1. The highest BCUT2D eigenvalue weighted by atomic mass is 32.2. The number of aryl methyl sites for hydroxylation is 3. The molecule has 0 atom stereocenters. The Balaban J connectivity index is 1.48. The zero-order valence-electron chi connectivity index (χ0n) is 14.2. The summed E-state index contributed by atoms with van der Waals surface area (Å²) in [4.78, 5) is 17.0. The topological polar surface area (TPSA) is 42.0 Å². The molecular weight excluding hydrogens is 316 g/mol. The van der Waals surface area contributed by atoms with Crippen LogP contribution in [-0.2, 0) is 17.6 Å². The fourth-order valence-corrected chi connectivity index (χ4v) is 4.76. The van der Waals surface area contributed by atoms with Crippen molar-refractivity contribution in [2.45, 2.75) is 62.9 Å². The average molecular weight is 340 g/mol. The largest absolute Gasteiger partial charge is 0.353 e. The molecule has 2 aliphatic carbocycles. The molecule has 0 unspecified atom stereocenters. The van der Waals surface area contributed by atoms with Crippen molar-refractivity contribution >= 4 is 28.6 Å². The molecular formula is C20H24N2OS. The number of nitrogens with zero attached hydrogens (tertiary/aromatic N) is 1. The number of nitrogens with one attached hydrogen (secondary N) is 1. The second-order valence-electron chi connectivity index (χ2n) is 7.12. The van der Waals surface area contributed by atoms with Crippen LogP contribution in [0.1, 0.15) is 48.8 Å². The SMILES string of the molecule is Cc1cc2cc3c(cc2nc1SCC(=O)NC1CCCC1)CCC3. The van der Waals surface area contributed by atoms with Gasteiger partial charge in [0.2, 0.25) is 5.91 Å². The maximum Gasteiger partial charge on any atom is 0.230 e. The van der Waals surface area contributed by atoms with Crippen LogP contribution in [0.3, 0.4) is 0 Å². The molecule has 4 rings (SSSR count). The Labute approximate surface area is 147 Å². The first-order valence-corrected chi connectivity index (χ1v) is 10.0. The zero-order valence-corrected chi connectivity index (χ0v) is 15.0. The highest BCUT2D eigenvalue weighted by Gasteiger charge is 2.18. The van der Waals surface area contributed by atoms with Gasteiger partial charge in [0.25, 0.3) is 0 Å². The monoisotopic (exact) mass is 340 g/mol. The van der Waals surface area contributed by atoms with Crippen LogP contribution < -0.4 is 5.32 Å². The number of rotatable bonds is 4. The van der Waals surface area contributed by atoms with E-state index in [0.29, 0.717) is 11.8 Å². The van der Waals surface area contributed by atoms with Gasteiger partial charge < -0.3 is 5.32 Å². The zero-order chi connectivity index (χ0) is 16.5. The minimum Gasteiger partial charge on any atom is -0.353 e. The lowest BCUT2D eigenvalue weighted by atomic mass is 10.1. The number of pyridine rings is 1. The van der Waals surface area contributed by atoms with Gasteiger partial charge in [-0.15, -0.1) is 0 Å². The van der Waals surface area contributed by atoms with E-state index in [4.69, 9.17) is 4.98 Å². The van der Waals surface area contributed by atoms with Gasteiger partial charge in [-0.1, -0.05) is 24.6 Å². The van der Waals surface area contributed by atoms with Gasteiger partial charge in [-0.3, -0.25) is 4.79 Å². The summed E-state index contributed by atoms with van der Waals surface area (Å²) in [5.74, 6) is 0.600. The van der Waals surface area contributed by atoms with Crippen LogP contribution in [-0.4, -0.2) is 22.7 Å². The Kier molecular flexibility index (Phi) is 4.49. The van der Waals surface area contributed by atoms with Crippen LogP contribution in [0, 0.1) is 6.92 Å². The third-order valence-corrected chi connectivity index (χ3v) is 6.33. The molecule has 0 bridgehead atoms. The molecule has 3 nitrogen and oxygen atoms in total. The van der Waals surface area contributed by atoms with Crippen LogP contribution in [0.25, 0.3) is 10.9 Å². The maximum atomic E-state index is 12.1. The molecule has 1 amide bonds. The standard InChI is InChI=1S/C20H24N2OS/c1-13-9-16-10-14-5-4-6-15(14)11-18(16)22-20(13)24-12-19(23)21-17-7-2-3-8-17/h9-11,17H,2-8,12H2,1H3,(H,21,23). The van der Waals surface area contributed by atoms with E-state index in [0.717, 1.165) is 23.4 Å². The number of amides is 1. The molecule has 1 N–H and O–H groups in total. The van der Waals surface area contributed by atoms with Crippen molar-refractivity contribution < 1.29 is 4.79 Å². The van der Waals surface area contributed by atoms with Crippen molar-refractivity contribution in [3.8, 4) is 0 Å². The molecule has 1 aromatic heterocycles. The van der Waals surface area contributed by atoms with Crippen molar-refractivity contribution in [3.63, 3.8) is 0 Å². The number of hydrogen-bond acceptors (Lipinski definition) is 3. The van der Waals surface area contributed by atoms with Crippen LogP contribution >= 0.6 is 11.8 Å². The summed E-state index contributed by atoms with van der Waals surface area (Å²) in [5, 5.41) is 5.37. The summed E-state index contributed by atoms with van der Waals surface area (Å²) in [7, 11) is 0. The minimum absolute atomic E-state index is 0.141. The summed E-state index contributed by atoms with van der Waals surface area (Å²) in [6, 6.07) is 7.17. The number of thioether (sulfide) groups is 1. The first kappa shape index (κ1) is 15.9. The van der Waals surface area contributed by atoms with Gasteiger partial charge in [-0.05, 0) is 73.9 Å². The lowest BCUT2D eigenvalue weighted by Crippen LogP contribution is -2.33. The van der Waals surface area contributed by atoms with E-state index < -0.39 is 0 Å². The Morgan fingerprint density at radius 2 is 1.92 bits per heavy atom. The molecule has 1 fully saturated rings. The Morgan fingerprint density at radius 3 is 2.71 bits per heavy atom. The highest BCUT2D eigenvalue weighted by Crippen LogP contribution is 2.30. The number of benzene rings is 1. The van der Waals surface area contributed by atoms with E-state index in [2.05, 4.69) is 30.4 Å². The lowest BCUT2D eigenvalue weighted by Gasteiger charge is -2.12. The first-order valence-electron chi connectivity index (χ1n) is 9.04. The van der Waals surface area contributed by atoms with E-state index >= 15 is 0 Å². The van der Waals surface area contributed by atoms with E-state index in [9.17, 15) is 4.79 Å². The van der Waals surface area contributed by atoms with Gasteiger partial charge in [0.15, 0.2) is 0 Å². The van der Waals surface area contributed by atoms with Crippen LogP contribution in [0.4, 0.5) is 0 Å². The molecule has 2 aromatic rings. The number of carbonyl (C=O) groups is 1. The molecule has 1 aromatic carbocycles. The normalized spacial score (nSPS) is 17.4. The fraction of sp³-hybridized carbons (Fsp3) is 0.500. The van der Waals surface area contributed by atoms with Gasteiger partial charge >= 0.3 is 0 Å². The molecule has 0 radical (unpaired) electrons. The molecule has 2 aliphatic rings. The van der Waals surface area contributed by atoms with Crippen molar-refractivity contribution in [2.24, 2.45) is 0 Å². The molecule has 0 spiro atoms. The van der Waals surface area contributed by atoms with E-state index in [1.54, 1.807) is 11.8 Å². The van der Waals surface area contributed by atoms with Crippen molar-refractivity contribution in [1.29, 1.82) is 0 Å². The summed E-state index contributed by atoms with van der Waals surface area (Å²) in [5.41, 5.74) is 5.17. The van der Waals surface area contributed by atoms with Crippen molar-refractivity contribution in [1.82, 2.24) is 10.3 Å². The Morgan fingerprint density at radius 1 is 1.17 bits per heavy atom. The van der Waals surface area contributed by atoms with Crippen molar-refractivity contribution in [3.05, 3.63) is 34.9 Å². The third kappa shape index (κ3) is 3.30. The molecule has 126 valence electrons. The number of fused-ring (bicyclic) bond motifs is 2. The Hall–Kier alpha value is -1.55. The Bertz CT molecular complexity index is 781. The first-order chi connectivity index (χ1) is 11.7. The summed E-state index contributed by atoms with van der Waals surface area (Å²) in [6.45, 7) is 2.09. The molecule has 0 saturated heterocycles. The average Bonchev–Trinajstić information content (AvgIpc) is 3.22.